The van der Waals surface area contributed by atoms with Gasteiger partial charge in [0, 0.05) is 24.8 Å². The van der Waals surface area contributed by atoms with Crippen molar-refractivity contribution in [1.82, 2.24) is 9.80 Å². The monoisotopic (exact) mass is 359 g/mol. The average molecular weight is 359 g/mol. The summed E-state index contributed by atoms with van der Waals surface area (Å²) in [7, 11) is 1.88. The molecule has 1 aromatic rings. The molecule has 2 unspecified atom stereocenters. The molecule has 1 N–H and O–H groups in total. The largest absolute Gasteiger partial charge is 0.480 e. The second-order valence-electron chi connectivity index (χ2n) is 7.56. The number of hydrogen-bond acceptors (Lipinski definition) is 4. The highest BCUT2D eigenvalue weighted by atomic mass is 16.4. The van der Waals surface area contributed by atoms with Crippen molar-refractivity contribution in [3.8, 4) is 0 Å². The highest BCUT2D eigenvalue weighted by molar-refractivity contribution is 5.99. The quantitative estimate of drug-likeness (QED) is 0.871. The van der Waals surface area contributed by atoms with E-state index in [0.29, 0.717) is 0 Å². The van der Waals surface area contributed by atoms with Crippen LogP contribution >= 0.6 is 0 Å². The number of aliphatic carboxylic acids is 1. The van der Waals surface area contributed by atoms with Crippen molar-refractivity contribution in [2.45, 2.75) is 44.7 Å². The molecule has 0 aliphatic carbocycles. The maximum atomic E-state index is 13.0. The maximum absolute atomic E-state index is 13.0. The van der Waals surface area contributed by atoms with Gasteiger partial charge in [0.1, 0.15) is 0 Å². The summed E-state index contributed by atoms with van der Waals surface area (Å²) in [6.45, 7) is 4.66. The molecule has 142 valence electrons. The molecule has 1 aromatic carbocycles. The van der Waals surface area contributed by atoms with E-state index in [2.05, 4.69) is 4.90 Å². The van der Waals surface area contributed by atoms with Crippen LogP contribution in [0.4, 0.5) is 5.69 Å². The van der Waals surface area contributed by atoms with E-state index >= 15 is 0 Å². The molecular formula is C20H29N3O3. The number of aryl methyl sites for hydroxylation is 1. The number of rotatable bonds is 5. The number of carbonyl (C=O) groups is 2. The number of carboxylic acids is 1. The molecular weight excluding hydrogens is 330 g/mol. The highest BCUT2D eigenvalue weighted by Gasteiger charge is 2.37. The standard InChI is InChI=1S/C20H29N3O3/c1-15-5-7-17(8-6-15)23-13-10-18(20(23)26)22-11-3-4-16(9-12-22)21(2)14-19(24)25/h5-8,16,18H,3-4,9-14H2,1-2H3,(H,24,25). The lowest BCUT2D eigenvalue weighted by molar-refractivity contribution is -0.138. The lowest BCUT2D eigenvalue weighted by atomic mass is 10.1. The Morgan fingerprint density at radius 3 is 2.58 bits per heavy atom. The number of carbonyl (C=O) groups excluding carboxylic acids is 1. The third kappa shape index (κ3) is 4.24. The summed E-state index contributed by atoms with van der Waals surface area (Å²) >= 11 is 0. The zero-order chi connectivity index (χ0) is 18.7. The molecule has 0 spiro atoms. The van der Waals surface area contributed by atoms with E-state index in [9.17, 15) is 9.59 Å². The van der Waals surface area contributed by atoms with Crippen LogP contribution in [0.1, 0.15) is 31.2 Å². The van der Waals surface area contributed by atoms with Crippen molar-refractivity contribution in [3.05, 3.63) is 29.8 Å². The summed E-state index contributed by atoms with van der Waals surface area (Å²) in [5.74, 6) is -0.584. The van der Waals surface area contributed by atoms with Gasteiger partial charge in [0.25, 0.3) is 0 Å². The first-order valence-corrected chi connectivity index (χ1v) is 9.50. The van der Waals surface area contributed by atoms with Crippen molar-refractivity contribution in [2.75, 3.05) is 38.1 Å². The van der Waals surface area contributed by atoms with Crippen LogP contribution in [0.15, 0.2) is 24.3 Å². The van der Waals surface area contributed by atoms with Crippen LogP contribution in [0.2, 0.25) is 0 Å². The molecule has 0 aromatic heterocycles. The van der Waals surface area contributed by atoms with Gasteiger partial charge in [-0.2, -0.15) is 0 Å². The van der Waals surface area contributed by atoms with Gasteiger partial charge in [-0.3, -0.25) is 19.4 Å². The molecule has 26 heavy (non-hydrogen) atoms. The number of anilines is 1. The number of hydrogen-bond donors (Lipinski definition) is 1. The number of carboxylic acid groups (broad SMARTS) is 1. The summed E-state index contributed by atoms with van der Waals surface area (Å²) < 4.78 is 0. The zero-order valence-electron chi connectivity index (χ0n) is 15.7. The number of nitrogens with zero attached hydrogens (tertiary/aromatic N) is 3. The fourth-order valence-electron chi connectivity index (χ4n) is 4.18. The fourth-order valence-corrected chi connectivity index (χ4v) is 4.18. The molecule has 1 amide bonds. The summed E-state index contributed by atoms with van der Waals surface area (Å²) in [6.07, 6.45) is 3.77. The predicted octanol–water partition coefficient (Wildman–Crippen LogP) is 1.97. The van der Waals surface area contributed by atoms with Crippen molar-refractivity contribution in [1.29, 1.82) is 0 Å². The first-order valence-electron chi connectivity index (χ1n) is 9.50. The molecule has 2 saturated heterocycles. The summed E-state index contributed by atoms with van der Waals surface area (Å²) in [5.41, 5.74) is 2.18. The summed E-state index contributed by atoms with van der Waals surface area (Å²) in [5, 5.41) is 9.00. The molecule has 6 heteroatoms. The van der Waals surface area contributed by atoms with E-state index < -0.39 is 5.97 Å². The Hall–Kier alpha value is -1.92. The minimum atomic E-state index is -0.784. The van der Waals surface area contributed by atoms with E-state index in [1.165, 1.54) is 5.56 Å². The third-order valence-corrected chi connectivity index (χ3v) is 5.70. The van der Waals surface area contributed by atoms with Gasteiger partial charge >= 0.3 is 5.97 Å². The normalized spacial score (nSPS) is 24.9. The number of amides is 1. The van der Waals surface area contributed by atoms with Gasteiger partial charge in [0.2, 0.25) is 5.91 Å². The predicted molar refractivity (Wildman–Crippen MR) is 101 cm³/mol. The topological polar surface area (TPSA) is 64.1 Å². The number of likely N-dealkylation sites (tertiary alicyclic amines) is 1. The Morgan fingerprint density at radius 2 is 1.88 bits per heavy atom. The molecule has 0 radical (unpaired) electrons. The fraction of sp³-hybridized carbons (Fsp3) is 0.600. The van der Waals surface area contributed by atoms with Crippen LogP contribution in [0, 0.1) is 6.92 Å². The lowest BCUT2D eigenvalue weighted by Gasteiger charge is -2.28. The van der Waals surface area contributed by atoms with E-state index in [1.807, 2.05) is 48.0 Å². The Bertz CT molecular complexity index is 646. The third-order valence-electron chi connectivity index (χ3n) is 5.70. The molecule has 2 aliphatic rings. The van der Waals surface area contributed by atoms with E-state index in [1.54, 1.807) is 0 Å². The van der Waals surface area contributed by atoms with Crippen LogP contribution in [0.3, 0.4) is 0 Å². The molecule has 2 aliphatic heterocycles. The number of likely N-dealkylation sites (N-methyl/N-ethyl adjacent to an activating group) is 1. The van der Waals surface area contributed by atoms with Crippen molar-refractivity contribution < 1.29 is 14.7 Å². The van der Waals surface area contributed by atoms with Crippen molar-refractivity contribution in [2.24, 2.45) is 0 Å². The minimum absolute atomic E-state index is 0.0418. The minimum Gasteiger partial charge on any atom is -0.480 e. The SMILES string of the molecule is Cc1ccc(N2CCC(N3CCCC(N(C)CC(=O)O)CC3)C2=O)cc1. The Balaban J connectivity index is 1.60. The molecule has 0 bridgehead atoms. The van der Waals surface area contributed by atoms with Gasteiger partial charge in [-0.1, -0.05) is 17.7 Å². The van der Waals surface area contributed by atoms with Crippen LogP contribution in [0.25, 0.3) is 0 Å². The Labute approximate surface area is 155 Å². The van der Waals surface area contributed by atoms with Gasteiger partial charge in [0.15, 0.2) is 0 Å². The highest BCUT2D eigenvalue weighted by Crippen LogP contribution is 2.27. The van der Waals surface area contributed by atoms with Gasteiger partial charge in [0.05, 0.1) is 12.6 Å². The lowest BCUT2D eigenvalue weighted by Crippen LogP contribution is -2.43. The summed E-state index contributed by atoms with van der Waals surface area (Å²) in [6, 6.07) is 8.37. The Morgan fingerprint density at radius 1 is 1.15 bits per heavy atom. The van der Waals surface area contributed by atoms with Crippen molar-refractivity contribution >= 4 is 17.6 Å². The molecule has 0 saturated carbocycles. The zero-order valence-corrected chi connectivity index (χ0v) is 15.7. The van der Waals surface area contributed by atoms with Gasteiger partial charge in [-0.05, 0) is 58.3 Å². The Kier molecular flexibility index (Phi) is 5.94. The van der Waals surface area contributed by atoms with E-state index in [-0.39, 0.29) is 24.5 Å². The maximum Gasteiger partial charge on any atom is 0.317 e. The van der Waals surface area contributed by atoms with Crippen LogP contribution in [-0.2, 0) is 9.59 Å². The number of benzene rings is 1. The van der Waals surface area contributed by atoms with Crippen LogP contribution < -0.4 is 4.90 Å². The van der Waals surface area contributed by atoms with Crippen LogP contribution in [-0.4, -0.2) is 72.1 Å². The van der Waals surface area contributed by atoms with Gasteiger partial charge in [-0.25, -0.2) is 0 Å². The second-order valence-corrected chi connectivity index (χ2v) is 7.56. The first kappa shape index (κ1) is 18.9. The summed E-state index contributed by atoms with van der Waals surface area (Å²) in [4.78, 5) is 30.1. The van der Waals surface area contributed by atoms with Gasteiger partial charge in [-0.15, -0.1) is 0 Å². The molecule has 2 heterocycles. The van der Waals surface area contributed by atoms with Crippen molar-refractivity contribution in [3.63, 3.8) is 0 Å². The van der Waals surface area contributed by atoms with Crippen LogP contribution in [0.5, 0.6) is 0 Å². The second kappa shape index (κ2) is 8.18. The average Bonchev–Trinajstić information content (AvgIpc) is 2.82. The molecule has 2 fully saturated rings. The van der Waals surface area contributed by atoms with Gasteiger partial charge < -0.3 is 10.0 Å². The van der Waals surface area contributed by atoms with E-state index in [4.69, 9.17) is 5.11 Å². The van der Waals surface area contributed by atoms with E-state index in [0.717, 1.165) is 51.0 Å². The molecule has 6 nitrogen and oxygen atoms in total. The first-order chi connectivity index (χ1) is 12.5. The molecule has 3 rings (SSSR count). The smallest absolute Gasteiger partial charge is 0.317 e. The molecule has 2 atom stereocenters.